The molecule has 0 aromatic heterocycles. The molecule has 3 rings (SSSR count). The van der Waals surface area contributed by atoms with Crippen LogP contribution in [0.25, 0.3) is 0 Å². The van der Waals surface area contributed by atoms with E-state index in [1.54, 1.807) is 11.9 Å². The summed E-state index contributed by atoms with van der Waals surface area (Å²) in [7, 11) is 1.75. The Balaban J connectivity index is 1.73. The Morgan fingerprint density at radius 3 is 2.68 bits per heavy atom. The highest BCUT2D eigenvalue weighted by Gasteiger charge is 2.38. The van der Waals surface area contributed by atoms with Crippen LogP contribution < -0.4 is 5.32 Å². The lowest BCUT2D eigenvalue weighted by atomic mass is 9.93. The molecule has 0 saturated carbocycles. The molecule has 0 radical (unpaired) electrons. The zero-order valence-electron chi connectivity index (χ0n) is 13.8. The van der Waals surface area contributed by atoms with E-state index in [-0.39, 0.29) is 35.7 Å². The quantitative estimate of drug-likeness (QED) is 0.897. The molecule has 5 nitrogen and oxygen atoms in total. The maximum absolute atomic E-state index is 13.8. The van der Waals surface area contributed by atoms with Gasteiger partial charge in [0.2, 0.25) is 5.91 Å². The molecule has 2 unspecified atom stereocenters. The van der Waals surface area contributed by atoms with Gasteiger partial charge in [-0.15, -0.1) is 0 Å². The second kappa shape index (κ2) is 6.93. The molecular formula is C19H19FN2O3. The van der Waals surface area contributed by atoms with Crippen molar-refractivity contribution in [1.82, 2.24) is 10.2 Å². The van der Waals surface area contributed by atoms with Crippen molar-refractivity contribution in [3.63, 3.8) is 0 Å². The number of hydrogen-bond donors (Lipinski definition) is 2. The van der Waals surface area contributed by atoms with Gasteiger partial charge in [-0.1, -0.05) is 30.3 Å². The van der Waals surface area contributed by atoms with Gasteiger partial charge in [-0.05, 0) is 17.7 Å². The summed E-state index contributed by atoms with van der Waals surface area (Å²) in [6.45, 7) is 0.259. The molecule has 1 heterocycles. The predicted molar refractivity (Wildman–Crippen MR) is 90.5 cm³/mol. The lowest BCUT2D eigenvalue weighted by molar-refractivity contribution is -0.127. The summed E-state index contributed by atoms with van der Waals surface area (Å²) in [6, 6.07) is 12.9. The molecule has 1 saturated heterocycles. The Kier molecular flexibility index (Phi) is 4.70. The third-order valence-corrected chi connectivity index (χ3v) is 4.56. The zero-order valence-corrected chi connectivity index (χ0v) is 13.8. The van der Waals surface area contributed by atoms with Crippen molar-refractivity contribution in [2.24, 2.45) is 5.92 Å². The van der Waals surface area contributed by atoms with Crippen molar-refractivity contribution in [1.29, 1.82) is 0 Å². The van der Waals surface area contributed by atoms with E-state index < -0.39 is 11.7 Å². The lowest BCUT2D eigenvalue weighted by Gasteiger charge is -2.25. The highest BCUT2D eigenvalue weighted by molar-refractivity contribution is 5.94. The maximum Gasteiger partial charge on any atom is 0.254 e. The fraction of sp³-hybridized carbons (Fsp3) is 0.263. The minimum absolute atomic E-state index is 0.0175. The van der Waals surface area contributed by atoms with E-state index in [4.69, 9.17) is 0 Å². The van der Waals surface area contributed by atoms with Crippen LogP contribution in [0.4, 0.5) is 4.39 Å². The fourth-order valence-corrected chi connectivity index (χ4v) is 3.29. The number of likely N-dealkylation sites (tertiary alicyclic amines) is 1. The zero-order chi connectivity index (χ0) is 18.0. The standard InChI is InChI=1S/C19H19FN2O3/c1-22-17(24)9-13(18(22)12-5-3-2-4-6-12)11-21-19(25)15-8-7-14(23)10-16(15)20/h2-8,10,13,18,23H,9,11H2,1H3,(H,21,25). The van der Waals surface area contributed by atoms with Crippen LogP contribution >= 0.6 is 0 Å². The molecule has 2 aromatic carbocycles. The Morgan fingerprint density at radius 1 is 1.28 bits per heavy atom. The number of phenols is 1. The average Bonchev–Trinajstić information content (AvgIpc) is 2.88. The number of nitrogens with zero attached hydrogens (tertiary/aromatic N) is 1. The molecule has 2 aromatic rings. The molecule has 1 aliphatic heterocycles. The first-order valence-corrected chi connectivity index (χ1v) is 8.04. The average molecular weight is 342 g/mol. The van der Waals surface area contributed by atoms with E-state index in [2.05, 4.69) is 5.32 Å². The fourth-order valence-electron chi connectivity index (χ4n) is 3.29. The SMILES string of the molecule is CN1C(=O)CC(CNC(=O)c2ccc(O)cc2F)C1c1ccccc1. The molecule has 2 N–H and O–H groups in total. The first-order valence-electron chi connectivity index (χ1n) is 8.04. The van der Waals surface area contributed by atoms with Crippen LogP contribution in [-0.4, -0.2) is 35.4 Å². The highest BCUT2D eigenvalue weighted by atomic mass is 19.1. The molecule has 0 bridgehead atoms. The molecule has 0 spiro atoms. The van der Waals surface area contributed by atoms with Crippen LogP contribution in [0.1, 0.15) is 28.4 Å². The second-order valence-corrected chi connectivity index (χ2v) is 6.20. The summed E-state index contributed by atoms with van der Waals surface area (Å²) in [5, 5.41) is 11.9. The first kappa shape index (κ1) is 17.0. The van der Waals surface area contributed by atoms with E-state index in [0.29, 0.717) is 6.42 Å². The summed E-state index contributed by atoms with van der Waals surface area (Å²) in [6.07, 6.45) is 0.328. The Labute approximate surface area is 145 Å². The lowest BCUT2D eigenvalue weighted by Crippen LogP contribution is -2.33. The third kappa shape index (κ3) is 3.47. The minimum Gasteiger partial charge on any atom is -0.508 e. The van der Waals surface area contributed by atoms with Crippen molar-refractivity contribution in [2.75, 3.05) is 13.6 Å². The summed E-state index contributed by atoms with van der Waals surface area (Å²) in [5.74, 6) is -1.66. The van der Waals surface area contributed by atoms with Gasteiger partial charge in [0, 0.05) is 32.0 Å². The molecule has 6 heteroatoms. The van der Waals surface area contributed by atoms with Crippen molar-refractivity contribution in [2.45, 2.75) is 12.5 Å². The van der Waals surface area contributed by atoms with Gasteiger partial charge in [0.25, 0.3) is 5.91 Å². The summed E-state index contributed by atoms with van der Waals surface area (Å²) in [4.78, 5) is 26.0. The summed E-state index contributed by atoms with van der Waals surface area (Å²) >= 11 is 0. The second-order valence-electron chi connectivity index (χ2n) is 6.20. The van der Waals surface area contributed by atoms with E-state index in [1.165, 1.54) is 12.1 Å². The van der Waals surface area contributed by atoms with Gasteiger partial charge in [-0.3, -0.25) is 9.59 Å². The van der Waals surface area contributed by atoms with Gasteiger partial charge in [0.05, 0.1) is 11.6 Å². The number of hydrogen-bond acceptors (Lipinski definition) is 3. The molecule has 0 aliphatic carbocycles. The van der Waals surface area contributed by atoms with Crippen LogP contribution in [0, 0.1) is 11.7 Å². The molecular weight excluding hydrogens is 323 g/mol. The molecule has 1 aliphatic rings. The van der Waals surface area contributed by atoms with Crippen LogP contribution in [0.3, 0.4) is 0 Å². The van der Waals surface area contributed by atoms with E-state index >= 15 is 0 Å². The molecule has 2 atom stereocenters. The first-order chi connectivity index (χ1) is 12.0. The number of carbonyl (C=O) groups is 2. The van der Waals surface area contributed by atoms with Gasteiger partial charge >= 0.3 is 0 Å². The minimum atomic E-state index is -0.781. The van der Waals surface area contributed by atoms with E-state index in [9.17, 15) is 19.1 Å². The van der Waals surface area contributed by atoms with Gasteiger partial charge in [-0.25, -0.2) is 4.39 Å². The maximum atomic E-state index is 13.8. The third-order valence-electron chi connectivity index (χ3n) is 4.56. The van der Waals surface area contributed by atoms with Crippen molar-refractivity contribution in [3.05, 3.63) is 65.5 Å². The van der Waals surface area contributed by atoms with Crippen LogP contribution in [0.15, 0.2) is 48.5 Å². The summed E-state index contributed by atoms with van der Waals surface area (Å²) < 4.78 is 13.8. The highest BCUT2D eigenvalue weighted by Crippen LogP contribution is 2.36. The number of amides is 2. The van der Waals surface area contributed by atoms with Crippen LogP contribution in [-0.2, 0) is 4.79 Å². The van der Waals surface area contributed by atoms with Crippen LogP contribution in [0.5, 0.6) is 5.75 Å². The monoisotopic (exact) mass is 342 g/mol. The molecule has 1 fully saturated rings. The molecule has 130 valence electrons. The van der Waals surface area contributed by atoms with Gasteiger partial charge in [0.1, 0.15) is 11.6 Å². The number of rotatable bonds is 4. The number of aromatic hydroxyl groups is 1. The van der Waals surface area contributed by atoms with Gasteiger partial charge < -0.3 is 15.3 Å². The molecule has 25 heavy (non-hydrogen) atoms. The number of benzene rings is 2. The topological polar surface area (TPSA) is 69.6 Å². The number of nitrogens with one attached hydrogen (secondary N) is 1. The smallest absolute Gasteiger partial charge is 0.254 e. The summed E-state index contributed by atoms with van der Waals surface area (Å²) in [5.41, 5.74) is 0.873. The Bertz CT molecular complexity index is 795. The normalized spacial score (nSPS) is 19.9. The number of carbonyl (C=O) groups excluding carboxylic acids is 2. The largest absolute Gasteiger partial charge is 0.508 e. The van der Waals surface area contributed by atoms with Gasteiger partial charge in [0.15, 0.2) is 0 Å². The van der Waals surface area contributed by atoms with Gasteiger partial charge in [-0.2, -0.15) is 0 Å². The van der Waals surface area contributed by atoms with Crippen LogP contribution in [0.2, 0.25) is 0 Å². The van der Waals surface area contributed by atoms with Crippen molar-refractivity contribution < 1.29 is 19.1 Å². The van der Waals surface area contributed by atoms with Crippen molar-refractivity contribution >= 4 is 11.8 Å². The Morgan fingerprint density at radius 2 is 2.00 bits per heavy atom. The van der Waals surface area contributed by atoms with Crippen molar-refractivity contribution in [3.8, 4) is 5.75 Å². The molecule has 2 amide bonds. The number of halogens is 1. The van der Waals surface area contributed by atoms with E-state index in [0.717, 1.165) is 11.6 Å². The van der Waals surface area contributed by atoms with E-state index in [1.807, 2.05) is 30.3 Å². The number of phenolic OH excluding ortho intramolecular Hbond substituents is 1. The predicted octanol–water partition coefficient (Wildman–Crippen LogP) is 2.48. The Hall–Kier alpha value is -2.89.